The lowest BCUT2D eigenvalue weighted by molar-refractivity contribution is 0.0944. The summed E-state index contributed by atoms with van der Waals surface area (Å²) in [6, 6.07) is 5.69. The largest absolute Gasteiger partial charge is 0.381 e. The molecule has 1 aromatic carbocycles. The number of hydrogen-bond donors (Lipinski definition) is 1. The lowest BCUT2D eigenvalue weighted by Gasteiger charge is -2.11. The Bertz CT molecular complexity index is 414. The van der Waals surface area contributed by atoms with Crippen LogP contribution in [0.3, 0.4) is 0 Å². The third-order valence-electron chi connectivity index (χ3n) is 3.01. The van der Waals surface area contributed by atoms with E-state index in [9.17, 15) is 4.79 Å². The predicted octanol–water partition coefficient (Wildman–Crippen LogP) is 2.52. The van der Waals surface area contributed by atoms with Crippen molar-refractivity contribution in [1.82, 2.24) is 5.32 Å². The minimum atomic E-state index is 0.00176. The highest BCUT2D eigenvalue weighted by Crippen LogP contribution is 2.16. The number of carbonyl (C=O) groups is 1. The van der Waals surface area contributed by atoms with Gasteiger partial charge in [0.2, 0.25) is 0 Å². The minimum absolute atomic E-state index is 0.00176. The van der Waals surface area contributed by atoms with E-state index < -0.39 is 0 Å². The number of halogens is 1. The Morgan fingerprint density at radius 3 is 3.06 bits per heavy atom. The van der Waals surface area contributed by atoms with Crippen molar-refractivity contribution in [3.05, 3.63) is 33.8 Å². The van der Waals surface area contributed by atoms with Crippen LogP contribution in [0.25, 0.3) is 0 Å². The number of rotatable bonds is 3. The van der Waals surface area contributed by atoms with Gasteiger partial charge in [0.1, 0.15) is 0 Å². The van der Waals surface area contributed by atoms with Crippen LogP contribution in [0.1, 0.15) is 22.3 Å². The van der Waals surface area contributed by atoms with Crippen molar-refractivity contribution >= 4 is 21.8 Å². The van der Waals surface area contributed by atoms with Crippen LogP contribution >= 0.6 is 15.9 Å². The van der Waals surface area contributed by atoms with Crippen molar-refractivity contribution in [3.8, 4) is 0 Å². The van der Waals surface area contributed by atoms with Gasteiger partial charge in [0.25, 0.3) is 5.91 Å². The summed E-state index contributed by atoms with van der Waals surface area (Å²) < 4.78 is 6.27. The van der Waals surface area contributed by atoms with E-state index in [2.05, 4.69) is 21.2 Å². The number of aryl methyl sites for hydroxylation is 1. The fourth-order valence-corrected chi connectivity index (χ4v) is 2.43. The fraction of sp³-hybridized carbons (Fsp3) is 0.462. The average Bonchev–Trinajstić information content (AvgIpc) is 2.78. The van der Waals surface area contributed by atoms with Crippen molar-refractivity contribution < 1.29 is 9.53 Å². The monoisotopic (exact) mass is 297 g/mol. The summed E-state index contributed by atoms with van der Waals surface area (Å²) >= 11 is 3.39. The van der Waals surface area contributed by atoms with Crippen LogP contribution in [-0.2, 0) is 4.74 Å². The Hall–Kier alpha value is -0.870. The molecule has 1 aliphatic heterocycles. The van der Waals surface area contributed by atoms with Gasteiger partial charge in [-0.1, -0.05) is 15.9 Å². The molecule has 2 rings (SSSR count). The predicted molar refractivity (Wildman–Crippen MR) is 70.1 cm³/mol. The molecule has 1 saturated heterocycles. The van der Waals surface area contributed by atoms with Crippen LogP contribution in [-0.4, -0.2) is 25.7 Å². The molecule has 0 bridgehead atoms. The Morgan fingerprint density at radius 2 is 2.41 bits per heavy atom. The van der Waals surface area contributed by atoms with Gasteiger partial charge in [-0.3, -0.25) is 4.79 Å². The molecule has 0 unspecified atom stereocenters. The lowest BCUT2D eigenvalue weighted by Crippen LogP contribution is -2.29. The summed E-state index contributed by atoms with van der Waals surface area (Å²) in [5, 5.41) is 2.97. The molecule has 17 heavy (non-hydrogen) atoms. The highest BCUT2D eigenvalue weighted by atomic mass is 79.9. The van der Waals surface area contributed by atoms with Crippen molar-refractivity contribution in [2.45, 2.75) is 13.3 Å². The van der Waals surface area contributed by atoms with Gasteiger partial charge in [0, 0.05) is 29.1 Å². The Morgan fingerprint density at radius 1 is 1.59 bits per heavy atom. The Kier molecular flexibility index (Phi) is 4.18. The second kappa shape index (κ2) is 5.65. The Labute approximate surface area is 110 Å². The smallest absolute Gasteiger partial charge is 0.251 e. The van der Waals surface area contributed by atoms with E-state index in [0.29, 0.717) is 12.5 Å². The molecule has 1 N–H and O–H groups in total. The van der Waals surface area contributed by atoms with E-state index in [1.54, 1.807) is 0 Å². The minimum Gasteiger partial charge on any atom is -0.381 e. The van der Waals surface area contributed by atoms with E-state index >= 15 is 0 Å². The van der Waals surface area contributed by atoms with Gasteiger partial charge in [-0.05, 0) is 37.1 Å². The molecule has 1 amide bonds. The van der Waals surface area contributed by atoms with Crippen LogP contribution in [0.15, 0.2) is 22.7 Å². The van der Waals surface area contributed by atoms with Crippen LogP contribution in [0.5, 0.6) is 0 Å². The molecule has 0 saturated carbocycles. The van der Waals surface area contributed by atoms with Crippen molar-refractivity contribution in [2.75, 3.05) is 19.8 Å². The number of nitrogens with one attached hydrogen (secondary N) is 1. The molecule has 1 aliphatic rings. The molecule has 92 valence electrons. The van der Waals surface area contributed by atoms with Gasteiger partial charge >= 0.3 is 0 Å². The highest BCUT2D eigenvalue weighted by Gasteiger charge is 2.17. The topological polar surface area (TPSA) is 38.3 Å². The quantitative estimate of drug-likeness (QED) is 0.931. The normalized spacial score (nSPS) is 19.3. The van der Waals surface area contributed by atoms with E-state index in [1.807, 2.05) is 25.1 Å². The van der Waals surface area contributed by atoms with Crippen LogP contribution in [0.4, 0.5) is 0 Å². The SMILES string of the molecule is Cc1cc(Br)ccc1C(=O)NC[C@@H]1CCOC1. The Balaban J connectivity index is 1.94. The molecule has 1 heterocycles. The molecular formula is C13H16BrNO2. The van der Waals surface area contributed by atoms with Crippen LogP contribution in [0, 0.1) is 12.8 Å². The first-order chi connectivity index (χ1) is 8.16. The summed E-state index contributed by atoms with van der Waals surface area (Å²) in [5.41, 5.74) is 1.73. The third-order valence-corrected chi connectivity index (χ3v) is 3.50. The third kappa shape index (κ3) is 3.30. The number of amides is 1. The summed E-state index contributed by atoms with van der Waals surface area (Å²) in [6.45, 7) is 4.23. The molecule has 0 spiro atoms. The van der Waals surface area contributed by atoms with E-state index in [-0.39, 0.29) is 5.91 Å². The number of carbonyl (C=O) groups excluding carboxylic acids is 1. The van der Waals surface area contributed by atoms with Gasteiger partial charge in [0.15, 0.2) is 0 Å². The molecule has 0 aromatic heterocycles. The summed E-state index contributed by atoms with van der Waals surface area (Å²) in [4.78, 5) is 12.0. The maximum atomic E-state index is 12.0. The zero-order valence-electron chi connectivity index (χ0n) is 9.83. The molecule has 0 aliphatic carbocycles. The molecule has 3 nitrogen and oxygen atoms in total. The van der Waals surface area contributed by atoms with Crippen molar-refractivity contribution in [1.29, 1.82) is 0 Å². The first-order valence-corrected chi connectivity index (χ1v) is 6.58. The molecule has 1 aromatic rings. The molecule has 1 fully saturated rings. The average molecular weight is 298 g/mol. The zero-order valence-corrected chi connectivity index (χ0v) is 11.4. The highest BCUT2D eigenvalue weighted by molar-refractivity contribution is 9.10. The molecule has 4 heteroatoms. The van der Waals surface area contributed by atoms with Gasteiger partial charge in [0.05, 0.1) is 6.61 Å². The fourth-order valence-electron chi connectivity index (χ4n) is 1.96. The number of hydrogen-bond acceptors (Lipinski definition) is 2. The second-order valence-electron chi connectivity index (χ2n) is 4.40. The second-order valence-corrected chi connectivity index (χ2v) is 5.31. The van der Waals surface area contributed by atoms with Crippen LogP contribution < -0.4 is 5.32 Å². The number of ether oxygens (including phenoxy) is 1. The van der Waals surface area contributed by atoms with Crippen LogP contribution in [0.2, 0.25) is 0 Å². The van der Waals surface area contributed by atoms with E-state index in [4.69, 9.17) is 4.74 Å². The standard InChI is InChI=1S/C13H16BrNO2/c1-9-6-11(14)2-3-12(9)13(16)15-7-10-4-5-17-8-10/h2-3,6,10H,4-5,7-8H2,1H3,(H,15,16)/t10-/m0/s1. The van der Waals surface area contributed by atoms with Gasteiger partial charge in [-0.15, -0.1) is 0 Å². The summed E-state index contributed by atoms with van der Waals surface area (Å²) in [6.07, 6.45) is 1.04. The van der Waals surface area contributed by atoms with E-state index in [1.165, 1.54) is 0 Å². The zero-order chi connectivity index (χ0) is 12.3. The van der Waals surface area contributed by atoms with Gasteiger partial charge in [-0.2, -0.15) is 0 Å². The lowest BCUT2D eigenvalue weighted by atomic mass is 10.1. The maximum Gasteiger partial charge on any atom is 0.251 e. The maximum absolute atomic E-state index is 12.0. The summed E-state index contributed by atoms with van der Waals surface area (Å²) in [5.74, 6) is 0.469. The van der Waals surface area contributed by atoms with Crippen molar-refractivity contribution in [3.63, 3.8) is 0 Å². The van der Waals surface area contributed by atoms with E-state index in [0.717, 1.165) is 35.2 Å². The summed E-state index contributed by atoms with van der Waals surface area (Å²) in [7, 11) is 0. The van der Waals surface area contributed by atoms with Gasteiger partial charge < -0.3 is 10.1 Å². The first-order valence-electron chi connectivity index (χ1n) is 5.79. The molecular weight excluding hydrogens is 282 g/mol. The molecule has 1 atom stereocenters. The van der Waals surface area contributed by atoms with Crippen molar-refractivity contribution in [2.24, 2.45) is 5.92 Å². The molecule has 0 radical (unpaired) electrons. The number of benzene rings is 1. The first kappa shape index (κ1) is 12.6. The van der Waals surface area contributed by atoms with Gasteiger partial charge in [-0.25, -0.2) is 0 Å².